The lowest BCUT2D eigenvalue weighted by atomic mass is 10.2. The molecule has 0 amide bonds. The monoisotopic (exact) mass is 243 g/mol. The Bertz CT molecular complexity index is 554. The van der Waals surface area contributed by atoms with Gasteiger partial charge in [-0.15, -0.1) is 10.2 Å². The number of anilines is 1. The van der Waals surface area contributed by atoms with Gasteiger partial charge in [0.1, 0.15) is 11.5 Å². The van der Waals surface area contributed by atoms with E-state index in [0.717, 1.165) is 17.3 Å². The number of aryl methyl sites for hydroxylation is 1. The van der Waals surface area contributed by atoms with E-state index in [1.165, 1.54) is 25.7 Å². The molecule has 5 nitrogen and oxygen atoms in total. The summed E-state index contributed by atoms with van der Waals surface area (Å²) in [7, 11) is 0. The van der Waals surface area contributed by atoms with Crippen LogP contribution in [0.15, 0.2) is 18.3 Å². The number of hydrogen-bond donors (Lipinski definition) is 1. The molecule has 18 heavy (non-hydrogen) atoms. The zero-order valence-corrected chi connectivity index (χ0v) is 10.5. The van der Waals surface area contributed by atoms with E-state index < -0.39 is 0 Å². The van der Waals surface area contributed by atoms with Crippen LogP contribution in [0, 0.1) is 6.92 Å². The van der Waals surface area contributed by atoms with Crippen molar-refractivity contribution in [3.8, 4) is 11.5 Å². The summed E-state index contributed by atoms with van der Waals surface area (Å²) in [6, 6.07) is 4.18. The number of nitrogen functional groups attached to an aromatic ring is 1. The molecule has 0 unspecified atom stereocenters. The molecule has 1 aliphatic carbocycles. The van der Waals surface area contributed by atoms with Gasteiger partial charge >= 0.3 is 0 Å². The van der Waals surface area contributed by atoms with Crippen molar-refractivity contribution in [1.82, 2.24) is 19.7 Å². The molecular formula is C13H17N5. The number of rotatable bonds is 2. The normalized spacial score (nSPS) is 16.3. The zero-order chi connectivity index (χ0) is 12.5. The Hall–Kier alpha value is -1.91. The Morgan fingerprint density at radius 2 is 2.06 bits per heavy atom. The highest BCUT2D eigenvalue weighted by atomic mass is 15.3. The van der Waals surface area contributed by atoms with Crippen LogP contribution in [-0.2, 0) is 0 Å². The summed E-state index contributed by atoms with van der Waals surface area (Å²) in [5.74, 6) is 1.75. The number of hydrogen-bond acceptors (Lipinski definition) is 4. The largest absolute Gasteiger partial charge is 0.397 e. The molecule has 2 N–H and O–H groups in total. The Kier molecular flexibility index (Phi) is 2.74. The highest BCUT2D eigenvalue weighted by Crippen LogP contribution is 2.34. The van der Waals surface area contributed by atoms with E-state index in [9.17, 15) is 0 Å². The van der Waals surface area contributed by atoms with Crippen molar-refractivity contribution in [2.24, 2.45) is 0 Å². The van der Waals surface area contributed by atoms with Gasteiger partial charge in [0.25, 0.3) is 0 Å². The van der Waals surface area contributed by atoms with Gasteiger partial charge in [-0.2, -0.15) is 0 Å². The van der Waals surface area contributed by atoms with Crippen LogP contribution < -0.4 is 5.73 Å². The second-order valence-corrected chi connectivity index (χ2v) is 4.82. The smallest absolute Gasteiger partial charge is 0.185 e. The minimum atomic E-state index is 0.497. The number of pyridine rings is 1. The minimum absolute atomic E-state index is 0.497. The first kappa shape index (κ1) is 11.2. The molecule has 0 spiro atoms. The van der Waals surface area contributed by atoms with E-state index in [0.29, 0.717) is 11.7 Å². The molecule has 0 saturated heterocycles. The first-order valence-electron chi connectivity index (χ1n) is 6.39. The van der Waals surface area contributed by atoms with Crippen molar-refractivity contribution >= 4 is 5.69 Å². The Labute approximate surface area is 106 Å². The highest BCUT2D eigenvalue weighted by molar-refractivity contribution is 5.67. The minimum Gasteiger partial charge on any atom is -0.397 e. The third-order valence-corrected chi connectivity index (χ3v) is 3.61. The Morgan fingerprint density at radius 1 is 1.28 bits per heavy atom. The predicted molar refractivity (Wildman–Crippen MR) is 69.9 cm³/mol. The molecule has 3 rings (SSSR count). The van der Waals surface area contributed by atoms with E-state index in [4.69, 9.17) is 5.73 Å². The van der Waals surface area contributed by atoms with Crippen molar-refractivity contribution in [3.63, 3.8) is 0 Å². The van der Waals surface area contributed by atoms with Crippen molar-refractivity contribution in [2.75, 3.05) is 5.73 Å². The fourth-order valence-electron chi connectivity index (χ4n) is 2.73. The van der Waals surface area contributed by atoms with Gasteiger partial charge in [0.15, 0.2) is 5.82 Å². The maximum atomic E-state index is 5.99. The van der Waals surface area contributed by atoms with Crippen LogP contribution in [0.2, 0.25) is 0 Å². The summed E-state index contributed by atoms with van der Waals surface area (Å²) in [6.45, 7) is 1.99. The van der Waals surface area contributed by atoms with Gasteiger partial charge in [-0.3, -0.25) is 4.98 Å². The molecule has 1 aliphatic rings. The molecular weight excluding hydrogens is 226 g/mol. The molecule has 0 bridgehead atoms. The molecule has 94 valence electrons. The SMILES string of the molecule is Cc1nnc(-c2ncccc2N)n1C1CCCC1. The molecule has 2 heterocycles. The summed E-state index contributed by atoms with van der Waals surface area (Å²) < 4.78 is 2.20. The molecule has 2 aromatic heterocycles. The van der Waals surface area contributed by atoms with Crippen LogP contribution >= 0.6 is 0 Å². The third kappa shape index (κ3) is 1.75. The van der Waals surface area contributed by atoms with Crippen LogP contribution in [0.1, 0.15) is 37.5 Å². The molecule has 0 atom stereocenters. The average molecular weight is 243 g/mol. The van der Waals surface area contributed by atoms with Crippen molar-refractivity contribution in [1.29, 1.82) is 0 Å². The van der Waals surface area contributed by atoms with E-state index in [2.05, 4.69) is 19.7 Å². The second-order valence-electron chi connectivity index (χ2n) is 4.82. The van der Waals surface area contributed by atoms with Crippen LogP contribution in [0.4, 0.5) is 5.69 Å². The van der Waals surface area contributed by atoms with Gasteiger partial charge in [0, 0.05) is 12.2 Å². The van der Waals surface area contributed by atoms with Crippen molar-refractivity contribution in [3.05, 3.63) is 24.2 Å². The van der Waals surface area contributed by atoms with Gasteiger partial charge in [-0.1, -0.05) is 12.8 Å². The molecule has 1 saturated carbocycles. The van der Waals surface area contributed by atoms with E-state index >= 15 is 0 Å². The van der Waals surface area contributed by atoms with E-state index in [-0.39, 0.29) is 0 Å². The zero-order valence-electron chi connectivity index (χ0n) is 10.5. The fourth-order valence-corrected chi connectivity index (χ4v) is 2.73. The summed E-state index contributed by atoms with van der Waals surface area (Å²) in [5.41, 5.74) is 7.38. The van der Waals surface area contributed by atoms with Crippen LogP contribution in [-0.4, -0.2) is 19.7 Å². The molecule has 2 aromatic rings. The Balaban J connectivity index is 2.10. The van der Waals surface area contributed by atoms with Gasteiger partial charge in [-0.25, -0.2) is 0 Å². The van der Waals surface area contributed by atoms with Gasteiger partial charge in [0.2, 0.25) is 0 Å². The van der Waals surface area contributed by atoms with Gasteiger partial charge in [-0.05, 0) is 31.9 Å². The summed E-state index contributed by atoms with van der Waals surface area (Å²) >= 11 is 0. The summed E-state index contributed by atoms with van der Waals surface area (Å²) in [6.07, 6.45) is 6.69. The molecule has 0 aliphatic heterocycles. The lowest BCUT2D eigenvalue weighted by molar-refractivity contribution is 0.510. The molecule has 5 heteroatoms. The maximum Gasteiger partial charge on any atom is 0.185 e. The van der Waals surface area contributed by atoms with Crippen molar-refractivity contribution < 1.29 is 0 Å². The van der Waals surface area contributed by atoms with E-state index in [1.807, 2.05) is 19.1 Å². The number of aromatic nitrogens is 4. The summed E-state index contributed by atoms with van der Waals surface area (Å²) in [5, 5.41) is 8.46. The number of nitrogens with two attached hydrogens (primary N) is 1. The molecule has 0 aromatic carbocycles. The molecule has 0 radical (unpaired) electrons. The molecule has 1 fully saturated rings. The number of nitrogens with zero attached hydrogens (tertiary/aromatic N) is 4. The average Bonchev–Trinajstić information content (AvgIpc) is 2.98. The standard InChI is InChI=1S/C13H17N5/c1-9-16-17-13(12-11(14)7-4-8-15-12)18(9)10-5-2-3-6-10/h4,7-8,10H,2-3,5-6,14H2,1H3. The quantitative estimate of drug-likeness (QED) is 0.879. The first-order chi connectivity index (χ1) is 8.77. The van der Waals surface area contributed by atoms with Gasteiger partial charge < -0.3 is 10.3 Å². The predicted octanol–water partition coefficient (Wildman–Crippen LogP) is 2.35. The maximum absolute atomic E-state index is 5.99. The van der Waals surface area contributed by atoms with Crippen LogP contribution in [0.3, 0.4) is 0 Å². The van der Waals surface area contributed by atoms with Gasteiger partial charge in [0.05, 0.1) is 5.69 Å². The second kappa shape index (κ2) is 4.40. The topological polar surface area (TPSA) is 69.6 Å². The fraction of sp³-hybridized carbons (Fsp3) is 0.462. The first-order valence-corrected chi connectivity index (χ1v) is 6.39. The lowest BCUT2D eigenvalue weighted by Crippen LogP contribution is -2.10. The third-order valence-electron chi connectivity index (χ3n) is 3.61. The van der Waals surface area contributed by atoms with Crippen LogP contribution in [0.5, 0.6) is 0 Å². The van der Waals surface area contributed by atoms with Crippen LogP contribution in [0.25, 0.3) is 11.5 Å². The summed E-state index contributed by atoms with van der Waals surface area (Å²) in [4.78, 5) is 4.35. The highest BCUT2D eigenvalue weighted by Gasteiger charge is 2.24. The van der Waals surface area contributed by atoms with Crippen molar-refractivity contribution in [2.45, 2.75) is 38.6 Å². The lowest BCUT2D eigenvalue weighted by Gasteiger charge is -2.15. The van der Waals surface area contributed by atoms with E-state index in [1.54, 1.807) is 6.20 Å². The Morgan fingerprint density at radius 3 is 2.78 bits per heavy atom.